The first-order valence-electron chi connectivity index (χ1n) is 4.96. The highest BCUT2D eigenvalue weighted by Gasteiger charge is 2.26. The van der Waals surface area contributed by atoms with Gasteiger partial charge in [-0.25, -0.2) is 5.48 Å². The van der Waals surface area contributed by atoms with Crippen molar-refractivity contribution >= 4 is 0 Å². The fourth-order valence-corrected chi connectivity index (χ4v) is 2.06. The number of rotatable bonds is 2. The van der Waals surface area contributed by atoms with Gasteiger partial charge >= 0.3 is 0 Å². The lowest BCUT2D eigenvalue weighted by Gasteiger charge is -2.25. The molecule has 0 heterocycles. The lowest BCUT2D eigenvalue weighted by molar-refractivity contribution is -0.0331. The molecule has 1 rings (SSSR count). The molecule has 1 fully saturated rings. The van der Waals surface area contributed by atoms with Crippen molar-refractivity contribution in [1.29, 1.82) is 0 Å². The summed E-state index contributed by atoms with van der Waals surface area (Å²) >= 11 is 0. The average Bonchev–Trinajstić information content (AvgIpc) is 2.11. The average molecular weight is 171 g/mol. The molecule has 72 valence electrons. The molecule has 1 atom stereocenters. The SMILES string of the molecule is CNOC1CCCCC(C)(C)C1. The van der Waals surface area contributed by atoms with E-state index in [-0.39, 0.29) is 0 Å². The van der Waals surface area contributed by atoms with Crippen LogP contribution in [0, 0.1) is 5.41 Å². The molecular weight excluding hydrogens is 150 g/mol. The van der Waals surface area contributed by atoms with E-state index < -0.39 is 0 Å². The standard InChI is InChI=1S/C10H21NO/c1-10(2)7-5-4-6-9(8-10)12-11-3/h9,11H,4-8H2,1-3H3. The summed E-state index contributed by atoms with van der Waals surface area (Å²) in [6, 6.07) is 0. The number of hydroxylamine groups is 1. The van der Waals surface area contributed by atoms with Crippen LogP contribution in [0.15, 0.2) is 0 Å². The van der Waals surface area contributed by atoms with Crippen LogP contribution in [0.1, 0.15) is 46.0 Å². The normalized spacial score (nSPS) is 29.8. The maximum Gasteiger partial charge on any atom is 0.0795 e. The number of nitrogens with one attached hydrogen (secondary N) is 1. The van der Waals surface area contributed by atoms with E-state index in [1.165, 1.54) is 32.1 Å². The van der Waals surface area contributed by atoms with Gasteiger partial charge in [-0.1, -0.05) is 26.7 Å². The van der Waals surface area contributed by atoms with Crippen molar-refractivity contribution in [3.05, 3.63) is 0 Å². The highest BCUT2D eigenvalue weighted by molar-refractivity contribution is 4.77. The lowest BCUT2D eigenvalue weighted by Crippen LogP contribution is -2.25. The van der Waals surface area contributed by atoms with Gasteiger partial charge in [-0.3, -0.25) is 4.84 Å². The molecule has 0 spiro atoms. The Hall–Kier alpha value is -0.0800. The van der Waals surface area contributed by atoms with Gasteiger partial charge in [0, 0.05) is 7.05 Å². The molecule has 2 heteroatoms. The minimum Gasteiger partial charge on any atom is -0.299 e. The minimum atomic E-state index is 0.424. The molecule has 1 aliphatic carbocycles. The summed E-state index contributed by atoms with van der Waals surface area (Å²) in [4.78, 5) is 5.45. The van der Waals surface area contributed by atoms with Crippen LogP contribution in [0.25, 0.3) is 0 Å². The monoisotopic (exact) mass is 171 g/mol. The Morgan fingerprint density at radius 1 is 1.33 bits per heavy atom. The topological polar surface area (TPSA) is 21.3 Å². The Morgan fingerprint density at radius 2 is 2.08 bits per heavy atom. The first-order valence-corrected chi connectivity index (χ1v) is 4.96. The Balaban J connectivity index is 2.42. The van der Waals surface area contributed by atoms with E-state index in [1.54, 1.807) is 0 Å². The lowest BCUT2D eigenvalue weighted by atomic mass is 9.84. The summed E-state index contributed by atoms with van der Waals surface area (Å²) in [7, 11) is 1.85. The van der Waals surface area contributed by atoms with Crippen molar-refractivity contribution in [1.82, 2.24) is 5.48 Å². The van der Waals surface area contributed by atoms with Gasteiger partial charge in [0.25, 0.3) is 0 Å². The van der Waals surface area contributed by atoms with E-state index in [1.807, 2.05) is 7.05 Å². The third-order valence-electron chi connectivity index (χ3n) is 2.69. The van der Waals surface area contributed by atoms with Gasteiger partial charge in [-0.15, -0.1) is 0 Å². The molecule has 0 aromatic carbocycles. The first-order chi connectivity index (χ1) is 5.64. The molecular formula is C10H21NO. The van der Waals surface area contributed by atoms with E-state index in [4.69, 9.17) is 4.84 Å². The summed E-state index contributed by atoms with van der Waals surface area (Å²) < 4.78 is 0. The molecule has 2 nitrogen and oxygen atoms in total. The fourth-order valence-electron chi connectivity index (χ4n) is 2.06. The summed E-state index contributed by atoms with van der Waals surface area (Å²) in [5.41, 5.74) is 3.27. The second kappa shape index (κ2) is 4.24. The van der Waals surface area contributed by atoms with Crippen molar-refractivity contribution in [2.75, 3.05) is 7.05 Å². The van der Waals surface area contributed by atoms with Crippen molar-refractivity contribution in [2.24, 2.45) is 5.41 Å². The zero-order valence-corrected chi connectivity index (χ0v) is 8.52. The molecule has 0 aromatic rings. The van der Waals surface area contributed by atoms with Crippen molar-refractivity contribution < 1.29 is 4.84 Å². The van der Waals surface area contributed by atoms with E-state index in [0.29, 0.717) is 11.5 Å². The third-order valence-corrected chi connectivity index (χ3v) is 2.69. The number of hydrogen-bond acceptors (Lipinski definition) is 2. The van der Waals surface area contributed by atoms with Crippen LogP contribution in [0.2, 0.25) is 0 Å². The number of hydrogen-bond donors (Lipinski definition) is 1. The molecule has 0 aromatic heterocycles. The van der Waals surface area contributed by atoms with Gasteiger partial charge in [0.1, 0.15) is 0 Å². The molecule has 12 heavy (non-hydrogen) atoms. The maximum absolute atomic E-state index is 5.45. The van der Waals surface area contributed by atoms with Gasteiger partial charge in [0.2, 0.25) is 0 Å². The van der Waals surface area contributed by atoms with Gasteiger partial charge in [-0.05, 0) is 24.7 Å². The van der Waals surface area contributed by atoms with E-state index >= 15 is 0 Å². The summed E-state index contributed by atoms with van der Waals surface area (Å²) in [6.07, 6.45) is 6.84. The van der Waals surface area contributed by atoms with Gasteiger partial charge in [0.05, 0.1) is 6.10 Å². The van der Waals surface area contributed by atoms with Crippen LogP contribution in [-0.2, 0) is 4.84 Å². The Morgan fingerprint density at radius 3 is 2.75 bits per heavy atom. The van der Waals surface area contributed by atoms with Crippen molar-refractivity contribution in [2.45, 2.75) is 52.1 Å². The highest BCUT2D eigenvalue weighted by Crippen LogP contribution is 2.34. The first kappa shape index (κ1) is 10.0. The molecule has 0 amide bonds. The highest BCUT2D eigenvalue weighted by atomic mass is 16.7. The van der Waals surface area contributed by atoms with Crippen LogP contribution in [0.3, 0.4) is 0 Å². The second-order valence-corrected chi connectivity index (χ2v) is 4.56. The smallest absolute Gasteiger partial charge is 0.0795 e. The molecule has 0 aliphatic heterocycles. The zero-order chi connectivity index (χ0) is 9.03. The summed E-state index contributed by atoms with van der Waals surface area (Å²) in [5.74, 6) is 0. The Labute approximate surface area is 75.6 Å². The molecule has 0 bridgehead atoms. The summed E-state index contributed by atoms with van der Waals surface area (Å²) in [6.45, 7) is 4.68. The zero-order valence-electron chi connectivity index (χ0n) is 8.52. The second-order valence-electron chi connectivity index (χ2n) is 4.56. The predicted octanol–water partition coefficient (Wildman–Crippen LogP) is 2.50. The predicted molar refractivity (Wildman–Crippen MR) is 50.8 cm³/mol. The van der Waals surface area contributed by atoms with Gasteiger partial charge in [0.15, 0.2) is 0 Å². The van der Waals surface area contributed by atoms with Gasteiger partial charge < -0.3 is 0 Å². The fraction of sp³-hybridized carbons (Fsp3) is 1.00. The molecule has 0 radical (unpaired) electrons. The third kappa shape index (κ3) is 3.11. The van der Waals surface area contributed by atoms with Crippen LogP contribution in [-0.4, -0.2) is 13.2 Å². The molecule has 1 saturated carbocycles. The minimum absolute atomic E-state index is 0.424. The van der Waals surface area contributed by atoms with Crippen LogP contribution < -0.4 is 5.48 Å². The van der Waals surface area contributed by atoms with Crippen molar-refractivity contribution in [3.8, 4) is 0 Å². The molecule has 1 unspecified atom stereocenters. The van der Waals surface area contributed by atoms with E-state index in [2.05, 4.69) is 19.3 Å². The molecule has 1 aliphatic rings. The summed E-state index contributed by atoms with van der Waals surface area (Å²) in [5, 5.41) is 0. The Kier molecular flexibility index (Phi) is 3.53. The maximum atomic E-state index is 5.45. The van der Waals surface area contributed by atoms with Gasteiger partial charge in [-0.2, -0.15) is 0 Å². The van der Waals surface area contributed by atoms with E-state index in [0.717, 1.165) is 0 Å². The largest absolute Gasteiger partial charge is 0.299 e. The van der Waals surface area contributed by atoms with Crippen LogP contribution in [0.5, 0.6) is 0 Å². The molecule has 0 saturated heterocycles. The van der Waals surface area contributed by atoms with E-state index in [9.17, 15) is 0 Å². The Bertz CT molecular complexity index is 134. The molecule has 1 N–H and O–H groups in total. The van der Waals surface area contributed by atoms with Crippen LogP contribution in [0.4, 0.5) is 0 Å². The quantitative estimate of drug-likeness (QED) is 0.509. The van der Waals surface area contributed by atoms with Crippen molar-refractivity contribution in [3.63, 3.8) is 0 Å². The van der Waals surface area contributed by atoms with Crippen LogP contribution >= 0.6 is 0 Å².